The topological polar surface area (TPSA) is 69.2 Å². The van der Waals surface area contributed by atoms with Crippen LogP contribution in [-0.4, -0.2) is 38.8 Å². The first-order chi connectivity index (χ1) is 10.9. The van der Waals surface area contributed by atoms with Gasteiger partial charge < -0.3 is 10.0 Å². The molecule has 1 aliphatic heterocycles. The SMILES string of the molecule is O=C(c1cn[nH]c1)N1C[C@H](O)C[C@@H]1c1ccccc1C(F)(F)F. The van der Waals surface area contributed by atoms with Gasteiger partial charge in [0.05, 0.1) is 29.5 Å². The number of amides is 1. The quantitative estimate of drug-likeness (QED) is 0.891. The molecule has 5 nitrogen and oxygen atoms in total. The number of H-pyrrole nitrogens is 1. The van der Waals surface area contributed by atoms with Crippen LogP contribution in [-0.2, 0) is 6.18 Å². The molecule has 3 rings (SSSR count). The third-order valence-electron chi connectivity index (χ3n) is 3.91. The smallest absolute Gasteiger partial charge is 0.391 e. The number of hydrogen-bond donors (Lipinski definition) is 2. The summed E-state index contributed by atoms with van der Waals surface area (Å²) in [5.41, 5.74) is -0.550. The standard InChI is InChI=1S/C15H14F3N3O2/c16-15(17,18)12-4-2-1-3-11(12)13-5-10(22)8-21(13)14(23)9-6-19-20-7-9/h1-4,6-7,10,13,22H,5,8H2,(H,19,20)/t10-,13-/m1/s1. The fraction of sp³-hybridized carbons (Fsp3) is 0.333. The fourth-order valence-corrected chi connectivity index (χ4v) is 2.91. The van der Waals surface area contributed by atoms with Crippen molar-refractivity contribution in [3.8, 4) is 0 Å². The molecule has 0 bridgehead atoms. The zero-order valence-electron chi connectivity index (χ0n) is 11.9. The minimum absolute atomic E-state index is 0.00612. The van der Waals surface area contributed by atoms with Crippen LogP contribution in [0.5, 0.6) is 0 Å². The molecule has 1 amide bonds. The predicted molar refractivity (Wildman–Crippen MR) is 74.4 cm³/mol. The van der Waals surface area contributed by atoms with Gasteiger partial charge in [0.15, 0.2) is 0 Å². The van der Waals surface area contributed by atoms with Crippen molar-refractivity contribution in [3.05, 3.63) is 53.3 Å². The number of aromatic amines is 1. The molecule has 2 heterocycles. The second-order valence-corrected chi connectivity index (χ2v) is 5.43. The van der Waals surface area contributed by atoms with Gasteiger partial charge in [0, 0.05) is 12.7 Å². The number of likely N-dealkylation sites (tertiary alicyclic amines) is 1. The van der Waals surface area contributed by atoms with E-state index in [1.165, 1.54) is 35.5 Å². The maximum Gasteiger partial charge on any atom is 0.416 e. The lowest BCUT2D eigenvalue weighted by atomic mass is 9.97. The van der Waals surface area contributed by atoms with E-state index >= 15 is 0 Å². The number of alkyl halides is 3. The van der Waals surface area contributed by atoms with Gasteiger partial charge in [-0.1, -0.05) is 18.2 Å². The summed E-state index contributed by atoms with van der Waals surface area (Å²) in [5.74, 6) is -0.461. The summed E-state index contributed by atoms with van der Waals surface area (Å²) in [5, 5.41) is 16.0. The highest BCUT2D eigenvalue weighted by molar-refractivity contribution is 5.94. The molecule has 8 heteroatoms. The molecule has 1 fully saturated rings. The zero-order valence-corrected chi connectivity index (χ0v) is 11.9. The van der Waals surface area contributed by atoms with Crippen LogP contribution in [0.15, 0.2) is 36.7 Å². The van der Waals surface area contributed by atoms with Crippen molar-refractivity contribution in [1.29, 1.82) is 0 Å². The van der Waals surface area contributed by atoms with Gasteiger partial charge in [-0.15, -0.1) is 0 Å². The van der Waals surface area contributed by atoms with Gasteiger partial charge in [-0.25, -0.2) is 0 Å². The largest absolute Gasteiger partial charge is 0.416 e. The van der Waals surface area contributed by atoms with Crippen LogP contribution in [0.2, 0.25) is 0 Å². The molecule has 2 aromatic rings. The molecule has 23 heavy (non-hydrogen) atoms. The normalized spacial score (nSPS) is 21.7. The van der Waals surface area contributed by atoms with Crippen molar-refractivity contribution in [1.82, 2.24) is 15.1 Å². The van der Waals surface area contributed by atoms with E-state index in [9.17, 15) is 23.1 Å². The number of halogens is 3. The molecule has 0 radical (unpaired) electrons. The van der Waals surface area contributed by atoms with Crippen LogP contribution in [0.3, 0.4) is 0 Å². The third-order valence-corrected chi connectivity index (χ3v) is 3.91. The number of aliphatic hydroxyl groups is 1. The summed E-state index contributed by atoms with van der Waals surface area (Å²) < 4.78 is 39.7. The molecule has 2 atom stereocenters. The average molecular weight is 325 g/mol. The van der Waals surface area contributed by atoms with E-state index < -0.39 is 29.8 Å². The molecule has 0 saturated carbocycles. The van der Waals surface area contributed by atoms with Crippen molar-refractivity contribution in [3.63, 3.8) is 0 Å². The zero-order chi connectivity index (χ0) is 16.6. The van der Waals surface area contributed by atoms with Gasteiger partial charge in [0.2, 0.25) is 0 Å². The van der Waals surface area contributed by atoms with Crippen LogP contribution < -0.4 is 0 Å². The Kier molecular flexibility index (Phi) is 3.85. The van der Waals surface area contributed by atoms with E-state index in [4.69, 9.17) is 0 Å². The Labute approximate surface area is 129 Å². The number of aliphatic hydroxyl groups excluding tert-OH is 1. The predicted octanol–water partition coefficient (Wildman–Crippen LogP) is 2.38. The number of β-amino-alcohol motifs (C(OH)–C–C–N with tert-alkyl or cyclic N) is 1. The highest BCUT2D eigenvalue weighted by atomic mass is 19.4. The number of aromatic nitrogens is 2. The lowest BCUT2D eigenvalue weighted by Gasteiger charge is -2.26. The monoisotopic (exact) mass is 325 g/mol. The first-order valence-electron chi connectivity index (χ1n) is 7.02. The molecule has 122 valence electrons. The molecular weight excluding hydrogens is 311 g/mol. The summed E-state index contributed by atoms with van der Waals surface area (Å²) >= 11 is 0. The van der Waals surface area contributed by atoms with Crippen molar-refractivity contribution >= 4 is 5.91 Å². The first kappa shape index (κ1) is 15.5. The van der Waals surface area contributed by atoms with E-state index in [2.05, 4.69) is 10.2 Å². The Morgan fingerprint density at radius 1 is 1.35 bits per heavy atom. The number of hydrogen-bond acceptors (Lipinski definition) is 3. The van der Waals surface area contributed by atoms with Gasteiger partial charge in [-0.3, -0.25) is 9.89 Å². The molecular formula is C15H14F3N3O2. The van der Waals surface area contributed by atoms with Crippen LogP contribution in [0.4, 0.5) is 13.2 Å². The Hall–Kier alpha value is -2.35. The number of rotatable bonds is 2. The molecule has 1 aliphatic rings. The van der Waals surface area contributed by atoms with Crippen LogP contribution >= 0.6 is 0 Å². The van der Waals surface area contributed by atoms with Crippen molar-refractivity contribution < 1.29 is 23.1 Å². The van der Waals surface area contributed by atoms with E-state index in [1.807, 2.05) is 0 Å². The van der Waals surface area contributed by atoms with E-state index in [0.29, 0.717) is 0 Å². The maximum absolute atomic E-state index is 13.2. The molecule has 0 unspecified atom stereocenters. The summed E-state index contributed by atoms with van der Waals surface area (Å²) in [7, 11) is 0. The third kappa shape index (κ3) is 2.94. The van der Waals surface area contributed by atoms with Crippen molar-refractivity contribution in [2.75, 3.05) is 6.54 Å². The van der Waals surface area contributed by atoms with E-state index in [0.717, 1.165) is 6.07 Å². The molecule has 1 saturated heterocycles. The number of benzene rings is 1. The number of carbonyl (C=O) groups is 1. The van der Waals surface area contributed by atoms with Gasteiger partial charge in [0.1, 0.15) is 0 Å². The Balaban J connectivity index is 2.00. The molecule has 0 aliphatic carbocycles. The van der Waals surface area contributed by atoms with Gasteiger partial charge in [0.25, 0.3) is 5.91 Å². The highest BCUT2D eigenvalue weighted by Crippen LogP contribution is 2.40. The van der Waals surface area contributed by atoms with Crippen LogP contribution in [0.1, 0.15) is 33.9 Å². The van der Waals surface area contributed by atoms with Gasteiger partial charge >= 0.3 is 6.18 Å². The number of carbonyl (C=O) groups excluding carboxylic acids is 1. The van der Waals surface area contributed by atoms with Gasteiger partial charge in [-0.05, 0) is 18.1 Å². The van der Waals surface area contributed by atoms with E-state index in [1.54, 1.807) is 0 Å². The minimum atomic E-state index is -4.52. The lowest BCUT2D eigenvalue weighted by molar-refractivity contribution is -0.138. The van der Waals surface area contributed by atoms with Crippen molar-refractivity contribution in [2.45, 2.75) is 24.7 Å². The molecule has 2 N–H and O–H groups in total. The first-order valence-corrected chi connectivity index (χ1v) is 7.02. The maximum atomic E-state index is 13.2. The fourth-order valence-electron chi connectivity index (χ4n) is 2.91. The summed E-state index contributed by atoms with van der Waals surface area (Å²) in [6, 6.07) is 4.31. The molecule has 1 aromatic carbocycles. The Morgan fingerprint density at radius 3 is 2.74 bits per heavy atom. The Bertz CT molecular complexity index is 700. The number of nitrogens with one attached hydrogen (secondary N) is 1. The summed E-state index contributed by atoms with van der Waals surface area (Å²) in [6.07, 6.45) is -2.64. The number of nitrogens with zero attached hydrogens (tertiary/aromatic N) is 2. The molecule has 1 aromatic heterocycles. The second kappa shape index (κ2) is 5.69. The minimum Gasteiger partial charge on any atom is -0.391 e. The lowest BCUT2D eigenvalue weighted by Crippen LogP contribution is -2.32. The average Bonchev–Trinajstić information content (AvgIpc) is 3.15. The van der Waals surface area contributed by atoms with Crippen LogP contribution in [0, 0.1) is 0 Å². The van der Waals surface area contributed by atoms with Crippen molar-refractivity contribution in [2.24, 2.45) is 0 Å². The van der Waals surface area contributed by atoms with Gasteiger partial charge in [-0.2, -0.15) is 18.3 Å². The van der Waals surface area contributed by atoms with E-state index in [-0.39, 0.29) is 24.1 Å². The summed E-state index contributed by atoms with van der Waals surface area (Å²) in [4.78, 5) is 13.7. The second-order valence-electron chi connectivity index (χ2n) is 5.43. The highest BCUT2D eigenvalue weighted by Gasteiger charge is 2.41. The summed E-state index contributed by atoms with van der Waals surface area (Å²) in [6.45, 7) is -0.0130. The Morgan fingerprint density at radius 2 is 2.09 bits per heavy atom. The molecule has 0 spiro atoms. The van der Waals surface area contributed by atoms with Crippen LogP contribution in [0.25, 0.3) is 0 Å².